The normalized spacial score (nSPS) is 15.4. The Morgan fingerprint density at radius 1 is 1.21 bits per heavy atom. The summed E-state index contributed by atoms with van der Waals surface area (Å²) in [5.74, 6) is 3.14. The molecule has 0 spiro atoms. The summed E-state index contributed by atoms with van der Waals surface area (Å²) >= 11 is 3.40. The molecule has 1 aliphatic rings. The molecular formula is C17H22BrN5O. The Bertz CT molecular complexity index is 733. The van der Waals surface area contributed by atoms with E-state index in [9.17, 15) is 0 Å². The first-order valence-corrected chi connectivity index (χ1v) is 8.95. The van der Waals surface area contributed by atoms with Crippen LogP contribution in [0.25, 0.3) is 0 Å². The van der Waals surface area contributed by atoms with Crippen LogP contribution in [0.1, 0.15) is 45.1 Å². The van der Waals surface area contributed by atoms with Gasteiger partial charge in [-0.15, -0.1) is 0 Å². The Morgan fingerprint density at radius 2 is 1.96 bits per heavy atom. The summed E-state index contributed by atoms with van der Waals surface area (Å²) < 4.78 is 6.85. The van der Waals surface area contributed by atoms with Gasteiger partial charge in [0, 0.05) is 23.9 Å². The van der Waals surface area contributed by atoms with Crippen LogP contribution in [0.5, 0.6) is 11.5 Å². The molecule has 7 heteroatoms. The Kier molecular flexibility index (Phi) is 4.89. The van der Waals surface area contributed by atoms with E-state index in [1.54, 1.807) is 6.20 Å². The van der Waals surface area contributed by atoms with E-state index in [0.29, 0.717) is 23.5 Å². The van der Waals surface area contributed by atoms with Crippen LogP contribution >= 0.6 is 15.9 Å². The lowest BCUT2D eigenvalue weighted by atomic mass is 10.1. The summed E-state index contributed by atoms with van der Waals surface area (Å²) in [6.07, 6.45) is 5.93. The van der Waals surface area contributed by atoms with E-state index < -0.39 is 0 Å². The lowest BCUT2D eigenvalue weighted by Gasteiger charge is -2.18. The summed E-state index contributed by atoms with van der Waals surface area (Å²) in [5.41, 5.74) is 6.78. The maximum atomic E-state index is 6.13. The molecule has 2 heterocycles. The molecule has 1 aliphatic carbocycles. The average molecular weight is 392 g/mol. The number of aromatic nitrogens is 3. The smallest absolute Gasteiger partial charge is 0.222 e. The molecule has 1 atom stereocenters. The zero-order chi connectivity index (χ0) is 17.3. The Morgan fingerprint density at radius 3 is 2.62 bits per heavy atom. The predicted octanol–water partition coefficient (Wildman–Crippen LogP) is 4.34. The van der Waals surface area contributed by atoms with E-state index in [2.05, 4.69) is 57.0 Å². The van der Waals surface area contributed by atoms with Gasteiger partial charge < -0.3 is 15.8 Å². The van der Waals surface area contributed by atoms with Gasteiger partial charge in [0.05, 0.1) is 6.20 Å². The molecule has 1 saturated carbocycles. The number of nitrogen functional groups attached to an aromatic ring is 1. The number of halogens is 1. The number of hydrogen-bond donors (Lipinski definition) is 2. The first kappa shape index (κ1) is 17.0. The molecular weight excluding hydrogens is 370 g/mol. The minimum atomic E-state index is 0.229. The number of nitrogens with one attached hydrogen (secondary N) is 1. The van der Waals surface area contributed by atoms with Gasteiger partial charge in [-0.1, -0.05) is 13.8 Å². The molecule has 2 aromatic heterocycles. The fourth-order valence-electron chi connectivity index (χ4n) is 2.56. The van der Waals surface area contributed by atoms with Crippen LogP contribution in [0.2, 0.25) is 0 Å². The van der Waals surface area contributed by atoms with Gasteiger partial charge in [-0.2, -0.15) is 4.98 Å². The minimum Gasteiger partial charge on any atom is -0.451 e. The summed E-state index contributed by atoms with van der Waals surface area (Å²) in [4.78, 5) is 12.7. The standard InChI is InChI=1S/C17H22BrN5O/c1-9(2)12-7-20-15(18)6-13(12)24-14-8-21-17(19)23-16(14)22-10(3)11-4-5-11/h6-11H,4-5H2,1-3H3,(H3,19,21,22,23)/t10-/m1/s1. The minimum absolute atomic E-state index is 0.229. The predicted molar refractivity (Wildman–Crippen MR) is 98.4 cm³/mol. The van der Waals surface area contributed by atoms with Crippen LogP contribution < -0.4 is 15.8 Å². The van der Waals surface area contributed by atoms with Gasteiger partial charge in [0.25, 0.3) is 0 Å². The van der Waals surface area contributed by atoms with Gasteiger partial charge in [0.15, 0.2) is 11.6 Å². The number of anilines is 2. The maximum absolute atomic E-state index is 6.13. The first-order chi connectivity index (χ1) is 11.4. The molecule has 1 fully saturated rings. The molecule has 24 heavy (non-hydrogen) atoms. The van der Waals surface area contributed by atoms with Gasteiger partial charge >= 0.3 is 0 Å². The van der Waals surface area contributed by atoms with Gasteiger partial charge in [0.1, 0.15) is 10.4 Å². The van der Waals surface area contributed by atoms with Crippen molar-refractivity contribution in [3.05, 3.63) is 28.6 Å². The van der Waals surface area contributed by atoms with Crippen molar-refractivity contribution >= 4 is 27.7 Å². The number of hydrogen-bond acceptors (Lipinski definition) is 6. The maximum Gasteiger partial charge on any atom is 0.222 e. The topological polar surface area (TPSA) is 86.0 Å². The van der Waals surface area contributed by atoms with Crippen molar-refractivity contribution in [3.63, 3.8) is 0 Å². The number of pyridine rings is 1. The van der Waals surface area contributed by atoms with E-state index in [1.165, 1.54) is 12.8 Å². The highest BCUT2D eigenvalue weighted by Gasteiger charge is 2.29. The number of nitrogens with zero attached hydrogens (tertiary/aromatic N) is 3. The molecule has 3 rings (SSSR count). The molecule has 0 amide bonds. The molecule has 0 radical (unpaired) electrons. The third-order valence-electron chi connectivity index (χ3n) is 4.17. The third-order valence-corrected chi connectivity index (χ3v) is 4.60. The van der Waals surface area contributed by atoms with Gasteiger partial charge in [-0.3, -0.25) is 0 Å². The number of nitrogens with two attached hydrogens (primary N) is 1. The second kappa shape index (κ2) is 6.93. The molecule has 128 valence electrons. The van der Waals surface area contributed by atoms with E-state index in [-0.39, 0.29) is 11.9 Å². The van der Waals surface area contributed by atoms with Crippen LogP contribution in [0.4, 0.5) is 11.8 Å². The molecule has 0 aromatic carbocycles. The largest absolute Gasteiger partial charge is 0.451 e. The monoisotopic (exact) mass is 391 g/mol. The fourth-order valence-corrected chi connectivity index (χ4v) is 2.87. The van der Waals surface area contributed by atoms with Gasteiger partial charge in [-0.05, 0) is 47.5 Å². The highest BCUT2D eigenvalue weighted by atomic mass is 79.9. The summed E-state index contributed by atoms with van der Waals surface area (Å²) in [5, 5.41) is 3.41. The molecule has 2 aromatic rings. The van der Waals surface area contributed by atoms with E-state index in [0.717, 1.165) is 15.9 Å². The second-order valence-corrected chi connectivity index (χ2v) is 7.33. The van der Waals surface area contributed by atoms with Crippen molar-refractivity contribution in [2.24, 2.45) is 5.92 Å². The zero-order valence-electron chi connectivity index (χ0n) is 14.1. The molecule has 0 saturated heterocycles. The van der Waals surface area contributed by atoms with Crippen molar-refractivity contribution in [2.75, 3.05) is 11.1 Å². The quantitative estimate of drug-likeness (QED) is 0.712. The Hall–Kier alpha value is -1.89. The lowest BCUT2D eigenvalue weighted by molar-refractivity contribution is 0.467. The van der Waals surface area contributed by atoms with Crippen molar-refractivity contribution < 1.29 is 4.74 Å². The molecule has 0 bridgehead atoms. The molecule has 0 aliphatic heterocycles. The molecule has 0 unspecified atom stereocenters. The SMILES string of the molecule is CC(C)c1cnc(Br)cc1Oc1cnc(N)nc1N[C@H](C)C1CC1. The van der Waals surface area contributed by atoms with Crippen molar-refractivity contribution in [2.45, 2.75) is 45.6 Å². The average Bonchev–Trinajstić information content (AvgIpc) is 3.34. The third kappa shape index (κ3) is 3.95. The second-order valence-electron chi connectivity index (χ2n) is 6.51. The lowest BCUT2D eigenvalue weighted by Crippen LogP contribution is -2.19. The Balaban J connectivity index is 1.90. The number of rotatable bonds is 6. The van der Waals surface area contributed by atoms with Crippen molar-refractivity contribution in [1.82, 2.24) is 15.0 Å². The van der Waals surface area contributed by atoms with Gasteiger partial charge in [0.2, 0.25) is 5.95 Å². The summed E-state index contributed by atoms with van der Waals surface area (Å²) in [6.45, 7) is 6.36. The highest BCUT2D eigenvalue weighted by Crippen LogP contribution is 2.37. The first-order valence-electron chi connectivity index (χ1n) is 8.16. The van der Waals surface area contributed by atoms with Crippen LogP contribution in [-0.2, 0) is 0 Å². The van der Waals surface area contributed by atoms with Crippen LogP contribution in [-0.4, -0.2) is 21.0 Å². The van der Waals surface area contributed by atoms with Crippen LogP contribution in [0.15, 0.2) is 23.1 Å². The summed E-state index contributed by atoms with van der Waals surface area (Å²) in [6, 6.07) is 2.19. The van der Waals surface area contributed by atoms with Crippen LogP contribution in [0.3, 0.4) is 0 Å². The zero-order valence-corrected chi connectivity index (χ0v) is 15.7. The van der Waals surface area contributed by atoms with Crippen molar-refractivity contribution in [3.8, 4) is 11.5 Å². The van der Waals surface area contributed by atoms with E-state index >= 15 is 0 Å². The number of ether oxygens (including phenoxy) is 1. The van der Waals surface area contributed by atoms with E-state index in [4.69, 9.17) is 10.5 Å². The van der Waals surface area contributed by atoms with Crippen LogP contribution in [0, 0.1) is 5.92 Å². The fraction of sp³-hybridized carbons (Fsp3) is 0.471. The molecule has 6 nitrogen and oxygen atoms in total. The van der Waals surface area contributed by atoms with E-state index in [1.807, 2.05) is 12.3 Å². The van der Waals surface area contributed by atoms with Gasteiger partial charge in [-0.25, -0.2) is 9.97 Å². The molecule has 3 N–H and O–H groups in total. The highest BCUT2D eigenvalue weighted by molar-refractivity contribution is 9.10. The Labute approximate surface area is 150 Å². The summed E-state index contributed by atoms with van der Waals surface area (Å²) in [7, 11) is 0. The van der Waals surface area contributed by atoms with Crippen molar-refractivity contribution in [1.29, 1.82) is 0 Å².